The number of nitrogens with one attached hydrogen (secondary N) is 2. The van der Waals surface area contributed by atoms with Crippen LogP contribution in [0.5, 0.6) is 0 Å². The molecule has 0 unspecified atom stereocenters. The number of aryl methyl sites for hydroxylation is 1. The zero-order valence-electron chi connectivity index (χ0n) is 17.9. The van der Waals surface area contributed by atoms with Gasteiger partial charge in [0.15, 0.2) is 0 Å². The molecule has 2 heterocycles. The lowest BCUT2D eigenvalue weighted by Gasteiger charge is -2.26. The number of piperidine rings is 1. The molecule has 7 heteroatoms. The first kappa shape index (κ1) is 20.6. The SMILES string of the molecule is CCc1cccc2c1[nH]c1cc(NS(=O)(=O)c3ccc(N4CCCCC4=O)cc3)ccc12. The van der Waals surface area contributed by atoms with Gasteiger partial charge in [-0.3, -0.25) is 9.52 Å². The molecule has 1 amide bonds. The largest absolute Gasteiger partial charge is 0.354 e. The number of H-pyrrole nitrogens is 1. The number of sulfonamides is 1. The van der Waals surface area contributed by atoms with E-state index in [0.29, 0.717) is 18.7 Å². The van der Waals surface area contributed by atoms with Crippen LogP contribution in [0.4, 0.5) is 11.4 Å². The van der Waals surface area contributed by atoms with Crippen LogP contribution in [0.25, 0.3) is 21.8 Å². The van der Waals surface area contributed by atoms with Gasteiger partial charge >= 0.3 is 0 Å². The Labute approximate surface area is 187 Å². The third kappa shape index (κ3) is 3.62. The Hall–Kier alpha value is -3.32. The molecule has 5 rings (SSSR count). The van der Waals surface area contributed by atoms with E-state index >= 15 is 0 Å². The van der Waals surface area contributed by atoms with Gasteiger partial charge in [0, 0.05) is 40.5 Å². The molecule has 164 valence electrons. The minimum absolute atomic E-state index is 0.0860. The van der Waals surface area contributed by atoms with E-state index in [1.807, 2.05) is 18.2 Å². The highest BCUT2D eigenvalue weighted by Gasteiger charge is 2.21. The molecule has 2 N–H and O–H groups in total. The molecule has 0 bridgehead atoms. The van der Waals surface area contributed by atoms with Crippen molar-refractivity contribution < 1.29 is 13.2 Å². The van der Waals surface area contributed by atoms with Crippen LogP contribution in [0.15, 0.2) is 65.6 Å². The highest BCUT2D eigenvalue weighted by molar-refractivity contribution is 7.92. The molecule has 32 heavy (non-hydrogen) atoms. The highest BCUT2D eigenvalue weighted by Crippen LogP contribution is 2.31. The monoisotopic (exact) mass is 447 g/mol. The molecule has 6 nitrogen and oxygen atoms in total. The van der Waals surface area contributed by atoms with E-state index < -0.39 is 10.0 Å². The summed E-state index contributed by atoms with van der Waals surface area (Å²) in [5, 5.41) is 2.20. The molecule has 4 aromatic rings. The summed E-state index contributed by atoms with van der Waals surface area (Å²) in [6, 6.07) is 18.3. The van der Waals surface area contributed by atoms with E-state index in [4.69, 9.17) is 0 Å². The molecule has 0 saturated carbocycles. The number of rotatable bonds is 5. The Morgan fingerprint density at radius 1 is 1.00 bits per heavy atom. The minimum Gasteiger partial charge on any atom is -0.354 e. The van der Waals surface area contributed by atoms with Gasteiger partial charge in [0.25, 0.3) is 10.0 Å². The Morgan fingerprint density at radius 3 is 2.56 bits per heavy atom. The minimum atomic E-state index is -3.75. The van der Waals surface area contributed by atoms with E-state index in [1.54, 1.807) is 35.2 Å². The summed E-state index contributed by atoms with van der Waals surface area (Å²) < 4.78 is 28.6. The Kier molecular flexibility index (Phi) is 5.13. The van der Waals surface area contributed by atoms with Crippen LogP contribution in [-0.2, 0) is 21.2 Å². The van der Waals surface area contributed by atoms with Crippen molar-refractivity contribution in [1.29, 1.82) is 0 Å². The van der Waals surface area contributed by atoms with Gasteiger partial charge in [-0.15, -0.1) is 0 Å². The summed E-state index contributed by atoms with van der Waals surface area (Å²) in [7, 11) is -3.75. The number of nitrogens with zero attached hydrogens (tertiary/aromatic N) is 1. The van der Waals surface area contributed by atoms with E-state index in [9.17, 15) is 13.2 Å². The molecule has 1 aromatic heterocycles. The predicted octanol–water partition coefficient (Wildman–Crippen LogP) is 5.20. The van der Waals surface area contributed by atoms with Crippen LogP contribution in [0.2, 0.25) is 0 Å². The van der Waals surface area contributed by atoms with Gasteiger partial charge < -0.3 is 9.88 Å². The first-order chi connectivity index (χ1) is 15.5. The first-order valence-electron chi connectivity index (χ1n) is 10.9. The van der Waals surface area contributed by atoms with E-state index in [2.05, 4.69) is 28.8 Å². The lowest BCUT2D eigenvalue weighted by Crippen LogP contribution is -2.35. The second-order valence-electron chi connectivity index (χ2n) is 8.18. The fourth-order valence-electron chi connectivity index (χ4n) is 4.45. The molecule has 0 aliphatic carbocycles. The van der Waals surface area contributed by atoms with Crippen molar-refractivity contribution >= 4 is 49.1 Å². The molecule has 0 radical (unpaired) electrons. The number of amides is 1. The highest BCUT2D eigenvalue weighted by atomic mass is 32.2. The van der Waals surface area contributed by atoms with Crippen LogP contribution in [0.1, 0.15) is 31.7 Å². The first-order valence-corrected chi connectivity index (χ1v) is 12.4. The number of hydrogen-bond donors (Lipinski definition) is 2. The number of carbonyl (C=O) groups excluding carboxylic acids is 1. The average Bonchev–Trinajstić information content (AvgIpc) is 3.17. The van der Waals surface area contributed by atoms with Gasteiger partial charge in [-0.1, -0.05) is 31.2 Å². The maximum absolute atomic E-state index is 13.0. The third-order valence-electron chi connectivity index (χ3n) is 6.14. The summed E-state index contributed by atoms with van der Waals surface area (Å²) in [6.07, 6.45) is 3.33. The predicted molar refractivity (Wildman–Crippen MR) is 129 cm³/mol. The van der Waals surface area contributed by atoms with Crippen molar-refractivity contribution in [3.8, 4) is 0 Å². The number of anilines is 2. The van der Waals surface area contributed by atoms with Gasteiger partial charge in [-0.2, -0.15) is 0 Å². The number of aromatic nitrogens is 1. The van der Waals surface area contributed by atoms with E-state index in [0.717, 1.165) is 46.8 Å². The molecule has 1 fully saturated rings. The van der Waals surface area contributed by atoms with E-state index in [1.165, 1.54) is 5.56 Å². The van der Waals surface area contributed by atoms with Gasteiger partial charge in [0.2, 0.25) is 5.91 Å². The zero-order chi connectivity index (χ0) is 22.3. The maximum Gasteiger partial charge on any atom is 0.261 e. The quantitative estimate of drug-likeness (QED) is 0.441. The normalized spacial score (nSPS) is 14.9. The molecule has 1 aliphatic rings. The fraction of sp³-hybridized carbons (Fsp3) is 0.240. The summed E-state index contributed by atoms with van der Waals surface area (Å²) >= 11 is 0. The molecular formula is C25H25N3O3S. The van der Waals surface area contributed by atoms with Crippen LogP contribution >= 0.6 is 0 Å². The maximum atomic E-state index is 13.0. The zero-order valence-corrected chi connectivity index (χ0v) is 18.7. The topological polar surface area (TPSA) is 82.3 Å². The summed E-state index contributed by atoms with van der Waals surface area (Å²) in [5.74, 6) is 0.0860. The standard InChI is InChI=1S/C25H25N3O3S/c1-2-17-6-5-7-22-21-14-9-18(16-23(21)26-25(17)22)27-32(30,31)20-12-10-19(11-13-20)28-15-4-3-8-24(28)29/h5-7,9-14,16,26-27H,2-4,8,15H2,1H3. The number of benzene rings is 3. The van der Waals surface area contributed by atoms with Crippen molar-refractivity contribution in [2.75, 3.05) is 16.2 Å². The average molecular weight is 448 g/mol. The molecule has 0 atom stereocenters. The number of fused-ring (bicyclic) bond motifs is 3. The van der Waals surface area contributed by atoms with Crippen molar-refractivity contribution in [1.82, 2.24) is 4.98 Å². The summed E-state index contributed by atoms with van der Waals surface area (Å²) in [6.45, 7) is 2.79. The van der Waals surface area contributed by atoms with Crippen molar-refractivity contribution in [2.45, 2.75) is 37.5 Å². The summed E-state index contributed by atoms with van der Waals surface area (Å²) in [5.41, 5.74) is 4.44. The van der Waals surface area contributed by atoms with Crippen molar-refractivity contribution in [3.63, 3.8) is 0 Å². The van der Waals surface area contributed by atoms with Crippen LogP contribution in [0.3, 0.4) is 0 Å². The van der Waals surface area contributed by atoms with Crippen LogP contribution in [-0.4, -0.2) is 25.9 Å². The van der Waals surface area contributed by atoms with Crippen LogP contribution < -0.4 is 9.62 Å². The van der Waals surface area contributed by atoms with Gasteiger partial charge in [-0.05, 0) is 61.2 Å². The second kappa shape index (κ2) is 7.98. The fourth-order valence-corrected chi connectivity index (χ4v) is 5.50. The third-order valence-corrected chi connectivity index (χ3v) is 7.53. The number of aromatic amines is 1. The molecule has 3 aromatic carbocycles. The lowest BCUT2D eigenvalue weighted by atomic mass is 10.1. The number of hydrogen-bond acceptors (Lipinski definition) is 3. The van der Waals surface area contributed by atoms with Gasteiger partial charge in [0.05, 0.1) is 10.6 Å². The Balaban J connectivity index is 1.42. The van der Waals surface area contributed by atoms with Crippen molar-refractivity contribution in [2.24, 2.45) is 0 Å². The Bertz CT molecular complexity index is 1420. The smallest absolute Gasteiger partial charge is 0.261 e. The van der Waals surface area contributed by atoms with Crippen LogP contribution in [0, 0.1) is 0 Å². The number of para-hydroxylation sites is 1. The molecular weight excluding hydrogens is 422 g/mol. The summed E-state index contributed by atoms with van der Waals surface area (Å²) in [4.78, 5) is 17.4. The Morgan fingerprint density at radius 2 is 1.81 bits per heavy atom. The van der Waals surface area contributed by atoms with Gasteiger partial charge in [0.1, 0.15) is 0 Å². The lowest BCUT2D eigenvalue weighted by molar-refractivity contribution is -0.119. The molecule has 1 saturated heterocycles. The van der Waals surface area contributed by atoms with Crippen molar-refractivity contribution in [3.05, 3.63) is 66.2 Å². The van der Waals surface area contributed by atoms with Gasteiger partial charge in [-0.25, -0.2) is 8.42 Å². The van der Waals surface area contributed by atoms with E-state index in [-0.39, 0.29) is 10.8 Å². The number of carbonyl (C=O) groups is 1. The second-order valence-corrected chi connectivity index (χ2v) is 9.86. The molecule has 0 spiro atoms. The molecule has 1 aliphatic heterocycles.